The molecular weight excluding hydrogens is 146 g/mol. The molecule has 0 rings (SSSR count). The normalized spacial score (nSPS) is 14.3. The average molecular weight is 157 g/mol. The second-order valence-electron chi connectivity index (χ2n) is 2.08. The van der Waals surface area contributed by atoms with Crippen molar-refractivity contribution in [1.29, 1.82) is 0 Å². The summed E-state index contributed by atoms with van der Waals surface area (Å²) in [6.07, 6.45) is 0. The second-order valence-corrected chi connectivity index (χ2v) is 2.08. The SMILES string of the molecule is CN=C(C)/C(C)=C(\N)[N+](=O)[O-]. The van der Waals surface area contributed by atoms with Crippen LogP contribution in [-0.4, -0.2) is 17.7 Å². The number of rotatable bonds is 2. The van der Waals surface area contributed by atoms with Crippen LogP contribution in [0.5, 0.6) is 0 Å². The van der Waals surface area contributed by atoms with Gasteiger partial charge in [0.25, 0.3) is 0 Å². The highest BCUT2D eigenvalue weighted by Crippen LogP contribution is 2.00. The molecule has 0 radical (unpaired) electrons. The summed E-state index contributed by atoms with van der Waals surface area (Å²) in [7, 11) is 1.56. The monoisotopic (exact) mass is 157 g/mol. The summed E-state index contributed by atoms with van der Waals surface area (Å²) < 4.78 is 0. The van der Waals surface area contributed by atoms with Gasteiger partial charge in [-0.2, -0.15) is 0 Å². The third-order valence-electron chi connectivity index (χ3n) is 1.46. The Hall–Kier alpha value is -1.39. The minimum atomic E-state index is -0.621. The number of nitrogens with two attached hydrogens (primary N) is 1. The Balaban J connectivity index is 4.81. The molecule has 0 heterocycles. The van der Waals surface area contributed by atoms with E-state index in [-0.39, 0.29) is 5.82 Å². The zero-order valence-electron chi connectivity index (χ0n) is 6.79. The molecule has 0 aliphatic rings. The van der Waals surface area contributed by atoms with Gasteiger partial charge in [0.1, 0.15) is 0 Å². The highest BCUT2D eigenvalue weighted by atomic mass is 16.6. The highest BCUT2D eigenvalue weighted by molar-refractivity contribution is 5.97. The first-order chi connectivity index (χ1) is 5.00. The third kappa shape index (κ3) is 2.37. The van der Waals surface area contributed by atoms with Crippen LogP contribution in [0.4, 0.5) is 0 Å². The van der Waals surface area contributed by atoms with Crippen LogP contribution < -0.4 is 5.73 Å². The van der Waals surface area contributed by atoms with Crippen LogP contribution >= 0.6 is 0 Å². The molecule has 11 heavy (non-hydrogen) atoms. The highest BCUT2D eigenvalue weighted by Gasteiger charge is 2.08. The van der Waals surface area contributed by atoms with Crippen LogP contribution in [-0.2, 0) is 0 Å². The Morgan fingerprint density at radius 1 is 1.55 bits per heavy atom. The smallest absolute Gasteiger partial charge is 0.318 e. The van der Waals surface area contributed by atoms with Crippen molar-refractivity contribution >= 4 is 5.71 Å². The van der Waals surface area contributed by atoms with Crippen LogP contribution in [0.3, 0.4) is 0 Å². The van der Waals surface area contributed by atoms with Crippen LogP contribution in [0.25, 0.3) is 0 Å². The lowest BCUT2D eigenvalue weighted by molar-refractivity contribution is -0.427. The molecule has 2 N–H and O–H groups in total. The fourth-order valence-electron chi connectivity index (χ4n) is 0.490. The van der Waals surface area contributed by atoms with Crippen molar-refractivity contribution < 1.29 is 4.92 Å². The fraction of sp³-hybridized carbons (Fsp3) is 0.500. The van der Waals surface area contributed by atoms with Crippen LogP contribution in [0.2, 0.25) is 0 Å². The lowest BCUT2D eigenvalue weighted by atomic mass is 10.2. The van der Waals surface area contributed by atoms with Gasteiger partial charge >= 0.3 is 5.82 Å². The molecule has 0 aromatic carbocycles. The molecule has 0 saturated carbocycles. The lowest BCUT2D eigenvalue weighted by Crippen LogP contribution is -2.14. The maximum Gasteiger partial charge on any atom is 0.318 e. The third-order valence-corrected chi connectivity index (χ3v) is 1.46. The van der Waals surface area contributed by atoms with E-state index in [9.17, 15) is 10.1 Å². The van der Waals surface area contributed by atoms with Gasteiger partial charge in [-0.3, -0.25) is 10.7 Å². The van der Waals surface area contributed by atoms with Gasteiger partial charge in [-0.15, -0.1) is 0 Å². The number of hydrogen-bond acceptors (Lipinski definition) is 4. The van der Waals surface area contributed by atoms with Crippen molar-refractivity contribution in [1.82, 2.24) is 0 Å². The molecule has 0 aromatic heterocycles. The van der Waals surface area contributed by atoms with Crippen LogP contribution in [0.1, 0.15) is 13.8 Å². The summed E-state index contributed by atoms with van der Waals surface area (Å²) in [5.41, 5.74) is 6.13. The maximum absolute atomic E-state index is 10.1. The van der Waals surface area contributed by atoms with Crippen molar-refractivity contribution in [3.8, 4) is 0 Å². The molecule has 0 aliphatic heterocycles. The standard InChI is InChI=1S/C6H11N3O2/c1-4(5(2)8-3)6(7)9(10)11/h7H2,1-3H3/b6-4+,8-5?. The first-order valence-electron chi connectivity index (χ1n) is 3.05. The first kappa shape index (κ1) is 9.61. The van der Waals surface area contributed by atoms with Gasteiger partial charge in [0.2, 0.25) is 0 Å². The van der Waals surface area contributed by atoms with E-state index >= 15 is 0 Å². The van der Waals surface area contributed by atoms with E-state index in [4.69, 9.17) is 5.73 Å². The lowest BCUT2D eigenvalue weighted by Gasteiger charge is -1.99. The molecule has 0 aliphatic carbocycles. The molecule has 5 nitrogen and oxygen atoms in total. The zero-order valence-corrected chi connectivity index (χ0v) is 6.79. The van der Waals surface area contributed by atoms with Gasteiger partial charge in [-0.05, 0) is 18.8 Å². The minimum absolute atomic E-state index is 0.340. The predicted molar refractivity (Wildman–Crippen MR) is 42.9 cm³/mol. The van der Waals surface area contributed by atoms with Gasteiger partial charge in [0.15, 0.2) is 0 Å². The number of hydrogen-bond donors (Lipinski definition) is 1. The van der Waals surface area contributed by atoms with Crippen LogP contribution in [0, 0.1) is 10.1 Å². The van der Waals surface area contributed by atoms with Gasteiger partial charge in [-0.25, -0.2) is 0 Å². The maximum atomic E-state index is 10.1. The van der Waals surface area contributed by atoms with Crippen molar-refractivity contribution in [2.45, 2.75) is 13.8 Å². The number of allylic oxidation sites excluding steroid dienone is 1. The topological polar surface area (TPSA) is 81.5 Å². The van der Waals surface area contributed by atoms with Gasteiger partial charge in [-0.1, -0.05) is 0 Å². The molecule has 0 atom stereocenters. The molecular formula is C6H11N3O2. The van der Waals surface area contributed by atoms with E-state index in [1.54, 1.807) is 20.9 Å². The molecule has 5 heteroatoms. The first-order valence-corrected chi connectivity index (χ1v) is 3.05. The predicted octanol–water partition coefficient (Wildman–Crippen LogP) is 0.544. The molecule has 0 saturated heterocycles. The Kier molecular flexibility index (Phi) is 3.23. The summed E-state index contributed by atoms with van der Waals surface area (Å²) in [5.74, 6) is -0.340. The molecule has 62 valence electrons. The summed E-state index contributed by atoms with van der Waals surface area (Å²) in [4.78, 5) is 13.3. The van der Waals surface area contributed by atoms with E-state index in [1.165, 1.54) is 0 Å². The van der Waals surface area contributed by atoms with Gasteiger partial charge in [0.05, 0.1) is 5.57 Å². The largest absolute Gasteiger partial charge is 0.358 e. The van der Waals surface area contributed by atoms with Crippen LogP contribution in [0.15, 0.2) is 16.4 Å². The minimum Gasteiger partial charge on any atom is -0.358 e. The molecule has 0 spiro atoms. The Labute approximate surface area is 64.8 Å². The number of aliphatic imine (C=N–C) groups is 1. The average Bonchev–Trinajstić information content (AvgIpc) is 2.00. The van der Waals surface area contributed by atoms with E-state index in [0.29, 0.717) is 11.3 Å². The second kappa shape index (κ2) is 3.70. The molecule has 0 aromatic rings. The summed E-state index contributed by atoms with van der Waals surface area (Å²) in [5, 5.41) is 10.1. The van der Waals surface area contributed by atoms with Gasteiger partial charge < -0.3 is 10.1 Å². The molecule has 0 bridgehead atoms. The van der Waals surface area contributed by atoms with E-state index < -0.39 is 4.92 Å². The summed E-state index contributed by atoms with van der Waals surface area (Å²) >= 11 is 0. The quantitative estimate of drug-likeness (QED) is 0.361. The van der Waals surface area contributed by atoms with Crippen molar-refractivity contribution in [2.24, 2.45) is 10.7 Å². The van der Waals surface area contributed by atoms with Crippen molar-refractivity contribution in [3.05, 3.63) is 21.5 Å². The Morgan fingerprint density at radius 3 is 2.27 bits per heavy atom. The number of nitro groups is 1. The number of nitrogens with zero attached hydrogens (tertiary/aromatic N) is 2. The Morgan fingerprint density at radius 2 is 2.00 bits per heavy atom. The molecule has 0 amide bonds. The van der Waals surface area contributed by atoms with Crippen molar-refractivity contribution in [2.75, 3.05) is 7.05 Å². The van der Waals surface area contributed by atoms with E-state index in [1.807, 2.05) is 0 Å². The fourth-order valence-corrected chi connectivity index (χ4v) is 0.490. The summed E-state index contributed by atoms with van der Waals surface area (Å²) in [6, 6.07) is 0. The summed E-state index contributed by atoms with van der Waals surface area (Å²) in [6.45, 7) is 3.24. The van der Waals surface area contributed by atoms with E-state index in [0.717, 1.165) is 0 Å². The van der Waals surface area contributed by atoms with E-state index in [2.05, 4.69) is 4.99 Å². The Bertz CT molecular complexity index is 230. The van der Waals surface area contributed by atoms with Crippen molar-refractivity contribution in [3.63, 3.8) is 0 Å². The van der Waals surface area contributed by atoms with Gasteiger partial charge in [0, 0.05) is 12.8 Å². The molecule has 0 unspecified atom stereocenters. The zero-order chi connectivity index (χ0) is 9.02. The molecule has 0 fully saturated rings.